The molecule has 0 saturated heterocycles. The zero-order chi connectivity index (χ0) is 23.2. The summed E-state index contributed by atoms with van der Waals surface area (Å²) in [6.07, 6.45) is 0. The van der Waals surface area contributed by atoms with Crippen LogP contribution in [0.1, 0.15) is 43.6 Å². The van der Waals surface area contributed by atoms with Crippen molar-refractivity contribution in [3.63, 3.8) is 0 Å². The Hall–Kier alpha value is -2.58. The van der Waals surface area contributed by atoms with Crippen molar-refractivity contribution in [1.29, 1.82) is 0 Å². The number of nitrogens with zero attached hydrogens (tertiary/aromatic N) is 1. The van der Waals surface area contributed by atoms with Gasteiger partial charge in [0.05, 0.1) is 7.11 Å². The van der Waals surface area contributed by atoms with Crippen LogP contribution in [0.15, 0.2) is 47.4 Å². The number of aryl methyl sites for hydroxylation is 1. The predicted octanol–water partition coefficient (Wildman–Crippen LogP) is 3.65. The lowest BCUT2D eigenvalue weighted by atomic mass is 10.2. The van der Waals surface area contributed by atoms with Crippen molar-refractivity contribution in [1.82, 2.24) is 10.2 Å². The van der Waals surface area contributed by atoms with Gasteiger partial charge in [0.1, 0.15) is 10.6 Å². The molecule has 31 heavy (non-hydrogen) atoms. The lowest BCUT2D eigenvalue weighted by Gasteiger charge is -2.30. The van der Waals surface area contributed by atoms with Gasteiger partial charge in [0, 0.05) is 36.4 Å². The second kappa shape index (κ2) is 10.6. The van der Waals surface area contributed by atoms with Crippen LogP contribution in [0.3, 0.4) is 0 Å². The predicted molar refractivity (Wildman–Crippen MR) is 124 cm³/mol. The van der Waals surface area contributed by atoms with E-state index in [-0.39, 0.29) is 22.1 Å². The molecule has 170 valence electrons. The monoisotopic (exact) mass is 447 g/mol. The second-order valence-electron chi connectivity index (χ2n) is 8.02. The molecule has 0 spiro atoms. The molecule has 0 unspecified atom stereocenters. The Kier molecular flexibility index (Phi) is 8.47. The summed E-state index contributed by atoms with van der Waals surface area (Å²) in [6.45, 7) is 11.5. The van der Waals surface area contributed by atoms with Gasteiger partial charge in [0.2, 0.25) is 0 Å². The third-order valence-corrected chi connectivity index (χ3v) is 6.40. The van der Waals surface area contributed by atoms with Gasteiger partial charge < -0.3 is 10.1 Å². The van der Waals surface area contributed by atoms with Crippen molar-refractivity contribution in [3.8, 4) is 5.75 Å². The number of ether oxygens (including phenoxy) is 1. The first kappa shape index (κ1) is 24.7. The van der Waals surface area contributed by atoms with Gasteiger partial charge in [-0.05, 0) is 65.0 Å². The van der Waals surface area contributed by atoms with Crippen LogP contribution in [-0.2, 0) is 10.0 Å². The molecule has 0 aromatic heterocycles. The number of hydrogen-bond donors (Lipinski definition) is 2. The van der Waals surface area contributed by atoms with Crippen LogP contribution in [0.2, 0.25) is 0 Å². The number of sulfonamides is 1. The van der Waals surface area contributed by atoms with Gasteiger partial charge in [-0.2, -0.15) is 0 Å². The fourth-order valence-electron chi connectivity index (χ4n) is 3.37. The third kappa shape index (κ3) is 6.70. The Morgan fingerprint density at radius 1 is 1.03 bits per heavy atom. The Labute approximate surface area is 185 Å². The Morgan fingerprint density at radius 3 is 2.19 bits per heavy atom. The summed E-state index contributed by atoms with van der Waals surface area (Å²) in [7, 11) is -2.55. The van der Waals surface area contributed by atoms with E-state index in [9.17, 15) is 13.2 Å². The van der Waals surface area contributed by atoms with E-state index in [4.69, 9.17) is 4.74 Å². The number of methoxy groups -OCH3 is 1. The molecular formula is C23H33N3O4S. The summed E-state index contributed by atoms with van der Waals surface area (Å²) < 4.78 is 33.7. The zero-order valence-corrected chi connectivity index (χ0v) is 19.9. The molecule has 0 fully saturated rings. The summed E-state index contributed by atoms with van der Waals surface area (Å²) in [6, 6.07) is 12.1. The van der Waals surface area contributed by atoms with Gasteiger partial charge in [-0.15, -0.1) is 0 Å². The normalized spacial score (nSPS) is 11.8. The molecule has 2 rings (SSSR count). The highest BCUT2D eigenvalue weighted by atomic mass is 32.2. The maximum atomic E-state index is 13.0. The van der Waals surface area contributed by atoms with E-state index in [0.29, 0.717) is 30.9 Å². The van der Waals surface area contributed by atoms with Gasteiger partial charge in [0.25, 0.3) is 15.9 Å². The molecule has 0 aliphatic heterocycles. The standard InChI is InChI=1S/C23H33N3O4S/c1-16(2)26(17(3)4)14-13-24-23(27)19-9-12-21(30-6)22(15-19)31(28,29)25-20-10-7-18(5)8-11-20/h7-12,15-17,25H,13-14H2,1-6H3,(H,24,27). The molecule has 0 heterocycles. The molecule has 0 radical (unpaired) electrons. The maximum Gasteiger partial charge on any atom is 0.265 e. The molecule has 0 atom stereocenters. The summed E-state index contributed by atoms with van der Waals surface area (Å²) in [5.41, 5.74) is 1.71. The summed E-state index contributed by atoms with van der Waals surface area (Å²) in [5, 5.41) is 2.87. The molecule has 1 amide bonds. The number of hydrogen-bond acceptors (Lipinski definition) is 5. The van der Waals surface area contributed by atoms with E-state index < -0.39 is 10.0 Å². The first-order valence-electron chi connectivity index (χ1n) is 10.4. The molecule has 2 aromatic carbocycles. The number of nitrogens with one attached hydrogen (secondary N) is 2. The smallest absolute Gasteiger partial charge is 0.265 e. The lowest BCUT2D eigenvalue weighted by molar-refractivity contribution is 0.0939. The highest BCUT2D eigenvalue weighted by molar-refractivity contribution is 7.92. The van der Waals surface area contributed by atoms with Crippen LogP contribution in [0.4, 0.5) is 5.69 Å². The van der Waals surface area contributed by atoms with E-state index in [1.165, 1.54) is 19.2 Å². The Balaban J connectivity index is 2.19. The minimum Gasteiger partial charge on any atom is -0.495 e. The SMILES string of the molecule is COc1ccc(C(=O)NCCN(C(C)C)C(C)C)cc1S(=O)(=O)Nc1ccc(C)cc1. The molecule has 0 saturated carbocycles. The van der Waals surface area contributed by atoms with Gasteiger partial charge in [-0.1, -0.05) is 17.7 Å². The summed E-state index contributed by atoms with van der Waals surface area (Å²) in [4.78, 5) is 14.8. The third-order valence-electron chi connectivity index (χ3n) is 5.00. The van der Waals surface area contributed by atoms with Crippen molar-refractivity contribution in [2.45, 2.75) is 51.6 Å². The first-order chi connectivity index (χ1) is 14.5. The number of benzene rings is 2. The molecule has 8 heteroatoms. The van der Waals surface area contributed by atoms with Crippen LogP contribution in [-0.4, -0.2) is 51.5 Å². The van der Waals surface area contributed by atoms with E-state index in [0.717, 1.165) is 5.56 Å². The Bertz CT molecular complexity index is 978. The topological polar surface area (TPSA) is 87.7 Å². The van der Waals surface area contributed by atoms with Crippen molar-refractivity contribution < 1.29 is 17.9 Å². The largest absolute Gasteiger partial charge is 0.495 e. The minimum atomic E-state index is -3.94. The van der Waals surface area contributed by atoms with Gasteiger partial charge in [-0.3, -0.25) is 14.4 Å². The molecule has 7 nitrogen and oxygen atoms in total. The van der Waals surface area contributed by atoms with Gasteiger partial charge in [0.15, 0.2) is 0 Å². The van der Waals surface area contributed by atoms with Crippen molar-refractivity contribution in [3.05, 3.63) is 53.6 Å². The molecule has 0 aliphatic carbocycles. The average Bonchev–Trinajstić information content (AvgIpc) is 2.71. The van der Waals surface area contributed by atoms with Crippen molar-refractivity contribution in [2.24, 2.45) is 0 Å². The first-order valence-corrected chi connectivity index (χ1v) is 11.8. The van der Waals surface area contributed by atoms with E-state index in [1.54, 1.807) is 18.2 Å². The zero-order valence-electron chi connectivity index (χ0n) is 19.1. The van der Waals surface area contributed by atoms with Crippen LogP contribution in [0.5, 0.6) is 5.75 Å². The highest BCUT2D eigenvalue weighted by Gasteiger charge is 2.22. The number of anilines is 1. The van der Waals surface area contributed by atoms with E-state index in [1.807, 2.05) is 19.1 Å². The number of carbonyl (C=O) groups excluding carboxylic acids is 1. The second-order valence-corrected chi connectivity index (χ2v) is 9.67. The number of rotatable bonds is 10. The fourth-order valence-corrected chi connectivity index (χ4v) is 4.63. The van der Waals surface area contributed by atoms with Crippen molar-refractivity contribution in [2.75, 3.05) is 24.9 Å². The van der Waals surface area contributed by atoms with Crippen LogP contribution in [0.25, 0.3) is 0 Å². The fraction of sp³-hybridized carbons (Fsp3) is 0.435. The number of amides is 1. The highest BCUT2D eigenvalue weighted by Crippen LogP contribution is 2.27. The number of carbonyl (C=O) groups is 1. The molecule has 2 N–H and O–H groups in total. The quantitative estimate of drug-likeness (QED) is 0.580. The maximum absolute atomic E-state index is 13.0. The van der Waals surface area contributed by atoms with Crippen LogP contribution in [0, 0.1) is 6.92 Å². The molecule has 2 aromatic rings. The van der Waals surface area contributed by atoms with Crippen molar-refractivity contribution >= 4 is 21.6 Å². The van der Waals surface area contributed by atoms with Gasteiger partial charge in [-0.25, -0.2) is 8.42 Å². The lowest BCUT2D eigenvalue weighted by Crippen LogP contribution is -2.42. The molecular weight excluding hydrogens is 414 g/mol. The summed E-state index contributed by atoms with van der Waals surface area (Å²) in [5.74, 6) is -0.163. The molecule has 0 aliphatic rings. The van der Waals surface area contributed by atoms with Crippen LogP contribution >= 0.6 is 0 Å². The Morgan fingerprint density at radius 2 is 1.65 bits per heavy atom. The average molecular weight is 448 g/mol. The van der Waals surface area contributed by atoms with Crippen LogP contribution < -0.4 is 14.8 Å². The van der Waals surface area contributed by atoms with E-state index >= 15 is 0 Å². The minimum absolute atomic E-state index is 0.0887. The summed E-state index contributed by atoms with van der Waals surface area (Å²) >= 11 is 0. The van der Waals surface area contributed by atoms with E-state index in [2.05, 4.69) is 42.6 Å². The molecule has 0 bridgehead atoms. The van der Waals surface area contributed by atoms with Gasteiger partial charge >= 0.3 is 0 Å².